The number of para-hydroxylation sites is 1. The van der Waals surface area contributed by atoms with Crippen molar-refractivity contribution in [1.82, 2.24) is 9.97 Å². The van der Waals surface area contributed by atoms with Gasteiger partial charge in [0, 0.05) is 29.4 Å². The first-order chi connectivity index (χ1) is 12.4. The van der Waals surface area contributed by atoms with Crippen LogP contribution in [0.2, 0.25) is 0 Å². The van der Waals surface area contributed by atoms with Crippen LogP contribution >= 0.6 is 11.8 Å². The lowest BCUT2D eigenvalue weighted by atomic mass is 10.1. The number of aromatic nitrogens is 2. The summed E-state index contributed by atoms with van der Waals surface area (Å²) in [6.45, 7) is 3.59. The summed E-state index contributed by atoms with van der Waals surface area (Å²) < 4.78 is 24.8. The summed E-state index contributed by atoms with van der Waals surface area (Å²) >= 11 is 0.198. The van der Waals surface area contributed by atoms with Gasteiger partial charge in [-0.1, -0.05) is 18.2 Å². The maximum Gasteiger partial charge on any atom is 0.291 e. The molecule has 1 aromatic carbocycles. The van der Waals surface area contributed by atoms with Gasteiger partial charge in [0.2, 0.25) is 5.91 Å². The number of hydrogen-bond donors (Lipinski definition) is 1. The lowest BCUT2D eigenvalue weighted by molar-refractivity contribution is -0.118. The molecule has 1 aliphatic rings. The van der Waals surface area contributed by atoms with Crippen molar-refractivity contribution in [2.45, 2.75) is 50.1 Å². The molecule has 138 valence electrons. The van der Waals surface area contributed by atoms with Gasteiger partial charge in [0.05, 0.1) is 0 Å². The first-order valence-electron chi connectivity index (χ1n) is 8.31. The molecule has 0 spiro atoms. The predicted molar refractivity (Wildman–Crippen MR) is 96.9 cm³/mol. The number of amides is 1. The highest BCUT2D eigenvalue weighted by Crippen LogP contribution is 2.32. The molecule has 1 aliphatic heterocycles. The highest BCUT2D eigenvalue weighted by molar-refractivity contribution is 7.99. The molecule has 0 bridgehead atoms. The number of carbonyl (C=O) groups is 1. The van der Waals surface area contributed by atoms with Crippen LogP contribution in [0.5, 0.6) is 0 Å². The number of benzene rings is 1. The Labute approximate surface area is 153 Å². The number of carbonyl (C=O) groups excluding carboxylic acids is 1. The van der Waals surface area contributed by atoms with Gasteiger partial charge in [-0.05, 0) is 50.1 Å². The Morgan fingerprint density at radius 1 is 1.42 bits per heavy atom. The number of anilines is 1. The Morgan fingerprint density at radius 3 is 2.85 bits per heavy atom. The SMILES string of the molecule is Cc1nc(SC(F)F)[nH]c(=O)c1CCC(=O)N1c2ccccc2CC1C. The summed E-state index contributed by atoms with van der Waals surface area (Å²) in [4.78, 5) is 33.0. The van der Waals surface area contributed by atoms with Crippen molar-refractivity contribution in [2.75, 3.05) is 4.90 Å². The fourth-order valence-electron chi connectivity index (χ4n) is 3.32. The molecular weight excluding hydrogens is 360 g/mol. The van der Waals surface area contributed by atoms with Crippen molar-refractivity contribution in [2.24, 2.45) is 0 Å². The fourth-order valence-corrected chi connectivity index (χ4v) is 3.83. The van der Waals surface area contributed by atoms with Crippen LogP contribution in [-0.2, 0) is 17.6 Å². The van der Waals surface area contributed by atoms with Crippen LogP contribution in [0.1, 0.15) is 30.2 Å². The minimum absolute atomic E-state index is 0.0627. The van der Waals surface area contributed by atoms with Crippen molar-refractivity contribution < 1.29 is 13.6 Å². The Hall–Kier alpha value is -2.22. The van der Waals surface area contributed by atoms with Gasteiger partial charge in [-0.15, -0.1) is 0 Å². The molecular formula is C18H19F2N3O2S. The third kappa shape index (κ3) is 3.80. The van der Waals surface area contributed by atoms with E-state index in [-0.39, 0.29) is 41.7 Å². The van der Waals surface area contributed by atoms with Crippen molar-refractivity contribution in [3.63, 3.8) is 0 Å². The minimum Gasteiger partial charge on any atom is -0.309 e. The van der Waals surface area contributed by atoms with Gasteiger partial charge in [-0.25, -0.2) is 4.98 Å². The molecule has 5 nitrogen and oxygen atoms in total. The van der Waals surface area contributed by atoms with E-state index in [0.29, 0.717) is 11.3 Å². The maximum absolute atomic E-state index is 12.7. The topological polar surface area (TPSA) is 66.1 Å². The highest BCUT2D eigenvalue weighted by atomic mass is 32.2. The summed E-state index contributed by atoms with van der Waals surface area (Å²) in [5, 5.41) is -0.111. The number of aryl methyl sites for hydroxylation is 1. The van der Waals surface area contributed by atoms with Gasteiger partial charge in [-0.3, -0.25) is 9.59 Å². The van der Waals surface area contributed by atoms with Crippen LogP contribution in [0, 0.1) is 6.92 Å². The number of rotatable bonds is 5. The molecule has 0 aliphatic carbocycles. The molecule has 1 amide bonds. The van der Waals surface area contributed by atoms with E-state index < -0.39 is 11.3 Å². The van der Waals surface area contributed by atoms with Crippen LogP contribution in [0.3, 0.4) is 0 Å². The van der Waals surface area contributed by atoms with Crippen molar-refractivity contribution in [1.29, 1.82) is 0 Å². The van der Waals surface area contributed by atoms with Crippen LogP contribution in [0.4, 0.5) is 14.5 Å². The molecule has 0 fully saturated rings. The van der Waals surface area contributed by atoms with E-state index in [1.165, 1.54) is 0 Å². The van der Waals surface area contributed by atoms with E-state index in [1.807, 2.05) is 31.2 Å². The predicted octanol–water partition coefficient (Wildman–Crippen LogP) is 3.30. The number of halogens is 2. The van der Waals surface area contributed by atoms with E-state index in [0.717, 1.165) is 17.7 Å². The fraction of sp³-hybridized carbons (Fsp3) is 0.389. The number of alkyl halides is 2. The summed E-state index contributed by atoms with van der Waals surface area (Å²) in [6, 6.07) is 7.86. The number of fused-ring (bicyclic) bond motifs is 1. The van der Waals surface area contributed by atoms with Gasteiger partial charge in [0.1, 0.15) is 0 Å². The first-order valence-corrected chi connectivity index (χ1v) is 9.19. The zero-order valence-electron chi connectivity index (χ0n) is 14.5. The normalized spacial score (nSPS) is 16.2. The second-order valence-electron chi connectivity index (χ2n) is 6.26. The summed E-state index contributed by atoms with van der Waals surface area (Å²) in [7, 11) is 0. The third-order valence-electron chi connectivity index (χ3n) is 4.47. The summed E-state index contributed by atoms with van der Waals surface area (Å²) in [5.41, 5.74) is 2.31. The number of nitrogens with zero attached hydrogens (tertiary/aromatic N) is 2. The quantitative estimate of drug-likeness (QED) is 0.639. The van der Waals surface area contributed by atoms with Crippen LogP contribution in [0.15, 0.2) is 34.2 Å². The second kappa shape index (κ2) is 7.57. The van der Waals surface area contributed by atoms with Gasteiger partial charge < -0.3 is 9.88 Å². The molecule has 0 radical (unpaired) electrons. The molecule has 8 heteroatoms. The third-order valence-corrected chi connectivity index (χ3v) is 5.06. The Bertz CT molecular complexity index is 885. The maximum atomic E-state index is 12.7. The van der Waals surface area contributed by atoms with Crippen LogP contribution < -0.4 is 10.5 Å². The van der Waals surface area contributed by atoms with Gasteiger partial charge >= 0.3 is 0 Å². The zero-order chi connectivity index (χ0) is 18.8. The first kappa shape index (κ1) is 18.6. The summed E-state index contributed by atoms with van der Waals surface area (Å²) in [6.07, 6.45) is 1.19. The molecule has 0 saturated carbocycles. The molecule has 26 heavy (non-hydrogen) atoms. The van der Waals surface area contributed by atoms with E-state index in [2.05, 4.69) is 9.97 Å². The Morgan fingerprint density at radius 2 is 2.15 bits per heavy atom. The number of thioether (sulfide) groups is 1. The van der Waals surface area contributed by atoms with E-state index in [4.69, 9.17) is 0 Å². The van der Waals surface area contributed by atoms with Gasteiger partial charge in [-0.2, -0.15) is 8.78 Å². The second-order valence-corrected chi connectivity index (χ2v) is 7.24. The summed E-state index contributed by atoms with van der Waals surface area (Å²) in [5.74, 6) is -2.71. The molecule has 1 aromatic heterocycles. The largest absolute Gasteiger partial charge is 0.309 e. The molecule has 1 N–H and O–H groups in total. The van der Waals surface area contributed by atoms with Gasteiger partial charge in [0.15, 0.2) is 5.16 Å². The average Bonchev–Trinajstić information content (AvgIpc) is 2.89. The Balaban J connectivity index is 1.73. The number of H-pyrrole nitrogens is 1. The zero-order valence-corrected chi connectivity index (χ0v) is 15.3. The van der Waals surface area contributed by atoms with Crippen molar-refractivity contribution in [3.8, 4) is 0 Å². The standard InChI is InChI=1S/C18H19F2N3O2S/c1-10-9-12-5-3-4-6-14(12)23(10)15(24)8-7-13-11(2)21-18(22-16(13)25)26-17(19)20/h3-6,10,17H,7-9H2,1-2H3,(H,21,22,25). The van der Waals surface area contributed by atoms with Gasteiger partial charge in [0.25, 0.3) is 11.3 Å². The lowest BCUT2D eigenvalue weighted by Crippen LogP contribution is -2.36. The monoisotopic (exact) mass is 379 g/mol. The minimum atomic E-state index is -2.65. The number of hydrogen-bond acceptors (Lipinski definition) is 4. The van der Waals surface area contributed by atoms with E-state index >= 15 is 0 Å². The van der Waals surface area contributed by atoms with E-state index in [1.54, 1.807) is 11.8 Å². The molecule has 2 aromatic rings. The number of aromatic amines is 1. The molecule has 1 atom stereocenters. The molecule has 0 saturated heterocycles. The smallest absolute Gasteiger partial charge is 0.291 e. The Kier molecular flexibility index (Phi) is 5.41. The molecule has 2 heterocycles. The number of nitrogens with one attached hydrogen (secondary N) is 1. The average molecular weight is 379 g/mol. The highest BCUT2D eigenvalue weighted by Gasteiger charge is 2.30. The lowest BCUT2D eigenvalue weighted by Gasteiger charge is -2.22. The van der Waals surface area contributed by atoms with Crippen molar-refractivity contribution in [3.05, 3.63) is 51.4 Å². The van der Waals surface area contributed by atoms with Crippen LogP contribution in [0.25, 0.3) is 0 Å². The van der Waals surface area contributed by atoms with E-state index in [9.17, 15) is 18.4 Å². The molecule has 1 unspecified atom stereocenters. The van der Waals surface area contributed by atoms with Crippen LogP contribution in [-0.4, -0.2) is 27.7 Å². The molecule has 3 rings (SSSR count). The van der Waals surface area contributed by atoms with Crippen molar-refractivity contribution >= 4 is 23.4 Å².